The molecule has 72 valence electrons. The fourth-order valence-electron chi connectivity index (χ4n) is 1.38. The Bertz CT molecular complexity index is 279. The lowest BCUT2D eigenvalue weighted by Crippen LogP contribution is -2.49. The molecule has 1 atom stereocenters. The van der Waals surface area contributed by atoms with Crippen LogP contribution in [0.15, 0.2) is 17.1 Å². The van der Waals surface area contributed by atoms with Crippen molar-refractivity contribution in [2.45, 2.75) is 32.5 Å². The summed E-state index contributed by atoms with van der Waals surface area (Å²) in [6, 6.07) is 0. The number of hydrogen-bond donors (Lipinski definition) is 0. The van der Waals surface area contributed by atoms with E-state index in [2.05, 4.69) is 25.0 Å². The van der Waals surface area contributed by atoms with Gasteiger partial charge in [-0.3, -0.25) is 9.79 Å². The largest absolute Gasteiger partial charge is 0.298 e. The van der Waals surface area contributed by atoms with E-state index >= 15 is 0 Å². The van der Waals surface area contributed by atoms with Crippen molar-refractivity contribution in [2.24, 2.45) is 4.99 Å². The molecule has 3 heteroatoms. The topological polar surface area (TPSA) is 29.4 Å². The molecule has 2 nitrogen and oxygen atoms in total. The molecule has 1 rings (SSSR count). The molecule has 1 heterocycles. The van der Waals surface area contributed by atoms with Crippen LogP contribution in [-0.4, -0.2) is 25.7 Å². The molecule has 13 heavy (non-hydrogen) atoms. The molecule has 0 aromatic rings. The maximum Gasteiger partial charge on any atom is 0.157 e. The van der Waals surface area contributed by atoms with Crippen LogP contribution >= 0.6 is 0 Å². The molecule has 0 saturated heterocycles. The SMILES string of the molecule is CC=CC1=NCC(C)[Si](C)(C)C1=O. The average molecular weight is 195 g/mol. The Kier molecular flexibility index (Phi) is 2.86. The third-order valence-corrected chi connectivity index (χ3v) is 6.98. The first-order valence-electron chi connectivity index (χ1n) is 4.72. The van der Waals surface area contributed by atoms with Crippen LogP contribution in [0.3, 0.4) is 0 Å². The van der Waals surface area contributed by atoms with Gasteiger partial charge in [-0.25, -0.2) is 0 Å². The van der Waals surface area contributed by atoms with Gasteiger partial charge in [-0.05, 0) is 18.5 Å². The number of hydrogen-bond acceptors (Lipinski definition) is 2. The molecule has 1 aliphatic rings. The lowest BCUT2D eigenvalue weighted by Gasteiger charge is -2.30. The fourth-order valence-corrected chi connectivity index (χ4v) is 3.19. The van der Waals surface area contributed by atoms with Gasteiger partial charge in [0.2, 0.25) is 0 Å². The van der Waals surface area contributed by atoms with Crippen molar-refractivity contribution in [3.8, 4) is 0 Å². The molecule has 0 fully saturated rings. The fraction of sp³-hybridized carbons (Fsp3) is 0.600. The summed E-state index contributed by atoms with van der Waals surface area (Å²) in [4.78, 5) is 16.2. The predicted molar refractivity (Wildman–Crippen MR) is 59.0 cm³/mol. The van der Waals surface area contributed by atoms with E-state index in [0.29, 0.717) is 16.7 Å². The van der Waals surface area contributed by atoms with Gasteiger partial charge < -0.3 is 0 Å². The van der Waals surface area contributed by atoms with E-state index in [-0.39, 0.29) is 0 Å². The van der Waals surface area contributed by atoms with Crippen molar-refractivity contribution >= 4 is 19.2 Å². The minimum atomic E-state index is -1.72. The van der Waals surface area contributed by atoms with E-state index < -0.39 is 8.07 Å². The second kappa shape index (κ2) is 3.58. The van der Waals surface area contributed by atoms with Crippen LogP contribution in [0, 0.1) is 0 Å². The standard InChI is InChI=1S/C10H17NOSi/c1-5-6-9-10(12)13(3,4)8(2)7-11-9/h5-6,8H,7H2,1-4H3. The summed E-state index contributed by atoms with van der Waals surface area (Å²) in [5.74, 6) is 0. The van der Waals surface area contributed by atoms with Crippen molar-refractivity contribution in [3.63, 3.8) is 0 Å². The van der Waals surface area contributed by atoms with Crippen LogP contribution in [0.25, 0.3) is 0 Å². The zero-order valence-corrected chi connectivity index (χ0v) is 9.79. The van der Waals surface area contributed by atoms with Crippen LogP contribution in [-0.2, 0) is 4.79 Å². The van der Waals surface area contributed by atoms with E-state index in [4.69, 9.17) is 0 Å². The highest BCUT2D eigenvalue weighted by Gasteiger charge is 2.40. The minimum Gasteiger partial charge on any atom is -0.298 e. The maximum atomic E-state index is 11.9. The first-order chi connectivity index (χ1) is 6.00. The van der Waals surface area contributed by atoms with Crippen molar-refractivity contribution in [3.05, 3.63) is 12.2 Å². The Morgan fingerprint density at radius 3 is 2.69 bits per heavy atom. The third-order valence-electron chi connectivity index (χ3n) is 2.91. The van der Waals surface area contributed by atoms with Crippen LogP contribution in [0.5, 0.6) is 0 Å². The highest BCUT2D eigenvalue weighted by molar-refractivity contribution is 7.14. The Hall–Kier alpha value is -0.703. The molecule has 0 N–H and O–H groups in total. The first-order valence-corrected chi connectivity index (χ1v) is 7.79. The van der Waals surface area contributed by atoms with E-state index in [1.165, 1.54) is 0 Å². The summed E-state index contributed by atoms with van der Waals surface area (Å²) in [5.41, 5.74) is 1.17. The lowest BCUT2D eigenvalue weighted by atomic mass is 10.3. The quantitative estimate of drug-likeness (QED) is 0.590. The van der Waals surface area contributed by atoms with E-state index in [1.807, 2.05) is 19.1 Å². The summed E-state index contributed by atoms with van der Waals surface area (Å²) < 4.78 is 0. The smallest absolute Gasteiger partial charge is 0.157 e. The summed E-state index contributed by atoms with van der Waals surface area (Å²) in [6.07, 6.45) is 3.72. The molecule has 0 spiro atoms. The van der Waals surface area contributed by atoms with Gasteiger partial charge in [-0.2, -0.15) is 0 Å². The Balaban J connectivity index is 3.00. The van der Waals surface area contributed by atoms with Gasteiger partial charge in [-0.15, -0.1) is 0 Å². The number of nitrogens with zero attached hydrogens (tertiary/aromatic N) is 1. The number of allylic oxidation sites excluding steroid dienone is 2. The van der Waals surface area contributed by atoms with Gasteiger partial charge in [0.1, 0.15) is 8.07 Å². The van der Waals surface area contributed by atoms with E-state index in [9.17, 15) is 4.79 Å². The second-order valence-corrected chi connectivity index (χ2v) is 9.06. The Morgan fingerprint density at radius 2 is 2.15 bits per heavy atom. The van der Waals surface area contributed by atoms with Gasteiger partial charge in [0.15, 0.2) is 5.41 Å². The molecule has 1 unspecified atom stereocenters. The first kappa shape index (κ1) is 10.4. The number of carbonyl (C=O) groups is 1. The molecule has 0 saturated carbocycles. The summed E-state index contributed by atoms with van der Waals surface area (Å²) in [7, 11) is -1.72. The molecule has 0 amide bonds. The van der Waals surface area contributed by atoms with Gasteiger partial charge in [0.05, 0.1) is 5.71 Å². The molecule has 0 aromatic carbocycles. The Labute approximate surface area is 80.8 Å². The summed E-state index contributed by atoms with van der Waals surface area (Å²) in [6.45, 7) is 9.16. The third kappa shape index (κ3) is 1.80. The Morgan fingerprint density at radius 1 is 1.54 bits per heavy atom. The molecular weight excluding hydrogens is 178 g/mol. The maximum absolute atomic E-state index is 11.9. The molecular formula is C10H17NOSi. The molecule has 0 bridgehead atoms. The highest BCUT2D eigenvalue weighted by Crippen LogP contribution is 2.26. The van der Waals surface area contributed by atoms with E-state index in [1.54, 1.807) is 0 Å². The zero-order chi connectivity index (χ0) is 10.1. The molecule has 1 aliphatic heterocycles. The monoisotopic (exact) mass is 195 g/mol. The summed E-state index contributed by atoms with van der Waals surface area (Å²) >= 11 is 0. The summed E-state index contributed by atoms with van der Waals surface area (Å²) in [5, 5.41) is 0.310. The average Bonchev–Trinajstić information content (AvgIpc) is 2.08. The zero-order valence-electron chi connectivity index (χ0n) is 8.79. The molecule has 0 aromatic heterocycles. The highest BCUT2D eigenvalue weighted by atomic mass is 28.3. The van der Waals surface area contributed by atoms with Gasteiger partial charge in [-0.1, -0.05) is 26.1 Å². The minimum absolute atomic E-state index is 0.310. The number of carbonyl (C=O) groups excluding carboxylic acids is 1. The normalized spacial score (nSPS) is 27.8. The second-order valence-electron chi connectivity index (χ2n) is 4.18. The van der Waals surface area contributed by atoms with Crippen LogP contribution in [0.4, 0.5) is 0 Å². The van der Waals surface area contributed by atoms with Crippen molar-refractivity contribution < 1.29 is 4.79 Å². The predicted octanol–water partition coefficient (Wildman–Crippen LogP) is 2.22. The molecule has 0 radical (unpaired) electrons. The molecule has 0 aliphatic carbocycles. The van der Waals surface area contributed by atoms with Gasteiger partial charge >= 0.3 is 0 Å². The van der Waals surface area contributed by atoms with Crippen molar-refractivity contribution in [1.29, 1.82) is 0 Å². The van der Waals surface area contributed by atoms with Crippen LogP contribution in [0.2, 0.25) is 18.6 Å². The van der Waals surface area contributed by atoms with Crippen LogP contribution in [0.1, 0.15) is 13.8 Å². The number of rotatable bonds is 1. The van der Waals surface area contributed by atoms with Crippen molar-refractivity contribution in [2.75, 3.05) is 6.54 Å². The van der Waals surface area contributed by atoms with Crippen LogP contribution < -0.4 is 0 Å². The van der Waals surface area contributed by atoms with Gasteiger partial charge in [0, 0.05) is 6.54 Å². The van der Waals surface area contributed by atoms with Crippen molar-refractivity contribution in [1.82, 2.24) is 0 Å². The number of aliphatic imine (C=N–C) groups is 1. The lowest BCUT2D eigenvalue weighted by molar-refractivity contribution is -0.107. The van der Waals surface area contributed by atoms with Gasteiger partial charge in [0.25, 0.3) is 0 Å². The van der Waals surface area contributed by atoms with E-state index in [0.717, 1.165) is 6.54 Å².